The predicted octanol–water partition coefficient (Wildman–Crippen LogP) is 20.8. The highest BCUT2D eigenvalue weighted by atomic mass is 28.3. The first-order chi connectivity index (χ1) is 49.9. The van der Waals surface area contributed by atoms with Crippen LogP contribution in [0.4, 0.5) is 0 Å². The predicted molar refractivity (Wildman–Crippen MR) is 431 cm³/mol. The van der Waals surface area contributed by atoms with Crippen LogP contribution < -0.4 is 21.0 Å². The molecule has 0 saturated carbocycles. The average Bonchev–Trinajstić information content (AvgIpc) is 1.55. The molecule has 2 aliphatic heterocycles. The van der Waals surface area contributed by atoms with Gasteiger partial charge in [-0.3, -0.25) is 0 Å². The second kappa shape index (κ2) is 22.4. The third-order valence-electron chi connectivity index (χ3n) is 22.5. The molecule has 13 aromatic carbocycles. The zero-order chi connectivity index (χ0) is 68.3. The highest BCUT2D eigenvalue weighted by Crippen LogP contribution is 2.54. The highest BCUT2D eigenvalue weighted by Gasteiger charge is 2.44. The Morgan fingerprint density at radius 3 is 1.23 bits per heavy atom. The van der Waals surface area contributed by atoms with Gasteiger partial charge in [0.25, 0.3) is 0 Å². The fourth-order valence-electron chi connectivity index (χ4n) is 17.8. The summed E-state index contributed by atoms with van der Waals surface area (Å²) in [5.41, 5.74) is 27.1. The van der Waals surface area contributed by atoms with Crippen molar-refractivity contribution >= 4 is 103 Å². The number of hydrogen-bond acceptors (Lipinski definition) is 4. The van der Waals surface area contributed by atoms with Crippen molar-refractivity contribution in [2.24, 2.45) is 0 Å². The van der Waals surface area contributed by atoms with Crippen LogP contribution >= 0.6 is 0 Å². The second-order valence-corrected chi connectivity index (χ2v) is 37.7. The molecule has 0 atom stereocenters. The Hall–Kier alpha value is -12.1. The summed E-state index contributed by atoms with van der Waals surface area (Å²) in [6, 6.07) is 112. The van der Waals surface area contributed by atoms with Crippen LogP contribution in [0.2, 0.25) is 26.2 Å². The normalized spacial score (nSPS) is 14.0. The van der Waals surface area contributed by atoms with E-state index in [0.29, 0.717) is 0 Å². The zero-order valence-corrected chi connectivity index (χ0v) is 59.6. The van der Waals surface area contributed by atoms with Gasteiger partial charge in [-0.25, -0.2) is 19.9 Å². The first-order valence-corrected chi connectivity index (χ1v) is 41.5. The third kappa shape index (κ3) is 8.58. The summed E-state index contributed by atoms with van der Waals surface area (Å²) in [5.74, 6) is 1.56. The molecule has 21 rings (SSSR count). The minimum absolute atomic E-state index is 0.0983. The summed E-state index contributed by atoms with van der Waals surface area (Å²) in [7, 11) is -4.25. The molecule has 0 unspecified atom stereocenters. The van der Waals surface area contributed by atoms with Crippen LogP contribution in [-0.4, -0.2) is 49.8 Å². The van der Waals surface area contributed by atoms with E-state index in [9.17, 15) is 0 Å². The minimum atomic E-state index is -2.14. The van der Waals surface area contributed by atoms with Crippen molar-refractivity contribution in [2.45, 2.75) is 45.5 Å². The summed E-state index contributed by atoms with van der Waals surface area (Å²) < 4.78 is 7.44. The van der Waals surface area contributed by atoms with Crippen LogP contribution in [0, 0.1) is 0 Å². The molecule has 484 valence electrons. The number of benzene rings is 13. The SMILES string of the molecule is CC1(C)c2ccccc2-c2c1ccc1c3ccccc3n(-c3ccccc3-c3nc(-c4ccccc4)nc4c3-c3ccccc3[Si]4(C)C)c21.C[Si]1(C)c2ccccc2-c2c(-c3ccccc3-n3c4ccccc4c4ccc5c(c6ccccc6n5-c5ccccc5)c43)nc(-c3ccccc3)nc21. The minimum Gasteiger partial charge on any atom is -0.309 e. The van der Waals surface area contributed by atoms with Gasteiger partial charge in [-0.1, -0.05) is 301 Å². The van der Waals surface area contributed by atoms with E-state index in [1.54, 1.807) is 0 Å². The van der Waals surface area contributed by atoms with Gasteiger partial charge in [-0.2, -0.15) is 0 Å². The maximum absolute atomic E-state index is 5.53. The number of aromatic nitrogens is 7. The lowest BCUT2D eigenvalue weighted by Gasteiger charge is -2.22. The molecule has 0 N–H and O–H groups in total. The Morgan fingerprint density at radius 1 is 0.284 bits per heavy atom. The molecule has 102 heavy (non-hydrogen) atoms. The van der Waals surface area contributed by atoms with Gasteiger partial charge in [-0.15, -0.1) is 0 Å². The molecule has 7 nitrogen and oxygen atoms in total. The van der Waals surface area contributed by atoms with E-state index < -0.39 is 16.1 Å². The summed E-state index contributed by atoms with van der Waals surface area (Å²) >= 11 is 0. The molecule has 5 aromatic heterocycles. The third-order valence-corrected chi connectivity index (χ3v) is 29.1. The molecule has 0 spiro atoms. The Morgan fingerprint density at radius 2 is 0.686 bits per heavy atom. The summed E-state index contributed by atoms with van der Waals surface area (Å²) in [4.78, 5) is 21.9. The summed E-state index contributed by atoms with van der Waals surface area (Å²) in [6.07, 6.45) is 0. The maximum atomic E-state index is 5.53. The molecule has 0 radical (unpaired) electrons. The molecule has 9 heteroatoms. The monoisotopic (exact) mass is 1340 g/mol. The van der Waals surface area contributed by atoms with E-state index in [4.69, 9.17) is 19.9 Å². The lowest BCUT2D eigenvalue weighted by atomic mass is 9.82. The van der Waals surface area contributed by atoms with Crippen molar-refractivity contribution in [1.82, 2.24) is 33.6 Å². The van der Waals surface area contributed by atoms with E-state index in [0.717, 1.165) is 62.4 Å². The van der Waals surface area contributed by atoms with Crippen molar-refractivity contribution in [1.29, 1.82) is 0 Å². The van der Waals surface area contributed by atoms with Crippen molar-refractivity contribution in [3.05, 3.63) is 321 Å². The first kappa shape index (κ1) is 59.9. The number of rotatable bonds is 7. The Balaban J connectivity index is 0.000000137. The van der Waals surface area contributed by atoms with Crippen molar-refractivity contribution in [2.75, 3.05) is 0 Å². The molecule has 0 fully saturated rings. The number of nitrogens with zero attached hydrogens (tertiary/aromatic N) is 7. The fourth-order valence-corrected chi connectivity index (χ4v) is 23.6. The molecule has 0 amide bonds. The number of fused-ring (bicyclic) bond motifs is 20. The van der Waals surface area contributed by atoms with Gasteiger partial charge in [0, 0.05) is 93.0 Å². The number of para-hydroxylation sites is 6. The lowest BCUT2D eigenvalue weighted by molar-refractivity contribution is 0.661. The van der Waals surface area contributed by atoms with Crippen molar-refractivity contribution in [3.63, 3.8) is 0 Å². The molecule has 18 aromatic rings. The Bertz CT molecular complexity index is 6540. The van der Waals surface area contributed by atoms with Gasteiger partial charge in [0.2, 0.25) is 0 Å². The maximum Gasteiger partial charge on any atom is 0.159 e. The summed E-state index contributed by atoms with van der Waals surface area (Å²) in [5, 5.41) is 12.7. The first-order valence-electron chi connectivity index (χ1n) is 35.5. The number of hydrogen-bond donors (Lipinski definition) is 0. The van der Waals surface area contributed by atoms with Crippen LogP contribution in [0.15, 0.2) is 309 Å². The van der Waals surface area contributed by atoms with E-state index in [1.165, 1.54) is 131 Å². The van der Waals surface area contributed by atoms with Crippen LogP contribution in [0.3, 0.4) is 0 Å². The van der Waals surface area contributed by atoms with Gasteiger partial charge in [0.05, 0.1) is 55.9 Å². The highest BCUT2D eigenvalue weighted by molar-refractivity contribution is 7.04. The lowest BCUT2D eigenvalue weighted by Crippen LogP contribution is -2.50. The van der Waals surface area contributed by atoms with Gasteiger partial charge in [0.15, 0.2) is 11.6 Å². The Kier molecular flexibility index (Phi) is 13.2. The topological polar surface area (TPSA) is 66.3 Å². The smallest absolute Gasteiger partial charge is 0.159 e. The molecule has 3 aliphatic rings. The molecule has 0 saturated heterocycles. The summed E-state index contributed by atoms with van der Waals surface area (Å²) in [6.45, 7) is 14.5. The molecule has 1 aliphatic carbocycles. The van der Waals surface area contributed by atoms with E-state index >= 15 is 0 Å². The van der Waals surface area contributed by atoms with E-state index in [1.807, 2.05) is 0 Å². The van der Waals surface area contributed by atoms with Gasteiger partial charge in [0.1, 0.15) is 16.1 Å². The zero-order valence-electron chi connectivity index (χ0n) is 57.6. The van der Waals surface area contributed by atoms with Gasteiger partial charge >= 0.3 is 0 Å². The van der Waals surface area contributed by atoms with Crippen LogP contribution in [0.5, 0.6) is 0 Å². The molecular weight excluding hydrogens is 1270 g/mol. The molecular formula is C93H69N7Si2. The quantitative estimate of drug-likeness (QED) is 0.149. The fraction of sp³-hybridized carbons (Fsp3) is 0.0753. The Labute approximate surface area is 594 Å². The van der Waals surface area contributed by atoms with Gasteiger partial charge < -0.3 is 13.7 Å². The standard InChI is InChI=1S/C48H34N4Si.C45H35N3Si/c1-53(2)42-28-16-12-24-37(42)44-45(49-47(50-48(44)53)31-17-5-3-6-18-31)36-23-11-15-27-40(36)52-38-25-13-9-21-33(38)34-29-30-41-43(46(34)52)35-22-10-14-26-39(35)51(41)32-19-7-4-8-20-32;1-45(2)34-22-12-8-19-31(34)39-35(45)27-26-30-29-18-9-13-23-36(29)48(42(30)39)37-24-14-10-20-32(37)41-40-33-21-11-15-25-38(33)49(3,4)44(40)47-43(46-41)28-16-6-5-7-17-28/h3-30H,1-2H3;5-27H,1-4H3. The average molecular weight is 1340 g/mol. The molecule has 0 bridgehead atoms. The van der Waals surface area contributed by atoms with E-state index in [2.05, 4.69) is 363 Å². The van der Waals surface area contributed by atoms with Crippen LogP contribution in [0.1, 0.15) is 25.0 Å². The van der Waals surface area contributed by atoms with Crippen LogP contribution in [0.25, 0.3) is 161 Å². The van der Waals surface area contributed by atoms with Gasteiger partial charge in [-0.05, 0) is 86.7 Å². The second-order valence-electron chi connectivity index (χ2n) is 29.2. The van der Waals surface area contributed by atoms with Crippen molar-refractivity contribution in [3.8, 4) is 95.7 Å². The van der Waals surface area contributed by atoms with E-state index in [-0.39, 0.29) is 5.41 Å². The van der Waals surface area contributed by atoms with Crippen LogP contribution in [-0.2, 0) is 5.41 Å². The largest absolute Gasteiger partial charge is 0.309 e. The molecule has 7 heterocycles. The van der Waals surface area contributed by atoms with Crippen molar-refractivity contribution < 1.29 is 0 Å².